The van der Waals surface area contributed by atoms with Gasteiger partial charge < -0.3 is 76.4 Å². The second kappa shape index (κ2) is 31.4. The fourth-order valence-electron chi connectivity index (χ4n) is 13.2. The van der Waals surface area contributed by atoms with Crippen molar-refractivity contribution in [3.8, 4) is 0 Å². The molecular formula is C69H86ClFN6O20. The summed E-state index contributed by atoms with van der Waals surface area (Å²) in [7, 11) is 0. The Hall–Kier alpha value is -8.47. The van der Waals surface area contributed by atoms with Crippen LogP contribution >= 0.6 is 11.6 Å². The normalized spacial score (nSPS) is 25.6. The minimum atomic E-state index is -2.47. The zero-order chi connectivity index (χ0) is 71.7. The zero-order valence-corrected chi connectivity index (χ0v) is 56.2. The number of hydrogen-bond donors (Lipinski definition) is 10. The highest BCUT2D eigenvalue weighted by molar-refractivity contribution is 6.30. The molecule has 3 aromatic rings. The maximum absolute atomic E-state index is 15.4. The van der Waals surface area contributed by atoms with Gasteiger partial charge >= 0.3 is 23.9 Å². The number of primary amides is 1. The average molecular weight is 1370 g/mol. The van der Waals surface area contributed by atoms with Crippen LogP contribution in [0.1, 0.15) is 141 Å². The molecule has 0 spiro atoms. The Balaban J connectivity index is 1.04. The van der Waals surface area contributed by atoms with E-state index in [0.29, 0.717) is 5.56 Å². The number of benzene rings is 3. The van der Waals surface area contributed by atoms with Crippen molar-refractivity contribution in [3.63, 3.8) is 0 Å². The number of carboxylic acid groups (broad SMARTS) is 1. The SMILES string of the molecule is CC(=O)O[C@@]12CO[C@@H]1C[C@H](O)[C@@]1(C)C(=O)[C@H](O)C3=C(C)[C@@H](OC(=O)[C@H](OCCC(=O)NCCCC[C@H](NC(=O)CC[C@@H](NC(=O)[C@H](C)NC(=O)/C=C/c4ccc(Cl)cc4F)C(N)=O)C(=O)O)[C@@H](NC(=O)C(C)(C)C)c4ccccc4)C[C@@](O)([C@@H](OC(=O)c4ccccc4)[C@H]21)C3(C)C. The number of aliphatic hydroxyl groups excluding tert-OH is 2. The van der Waals surface area contributed by atoms with Gasteiger partial charge in [-0.1, -0.05) is 101 Å². The van der Waals surface area contributed by atoms with Crippen molar-refractivity contribution < 1.29 is 101 Å². The topological polar surface area (TPSA) is 401 Å². The average Bonchev–Trinajstić information content (AvgIpc) is 0.671. The van der Waals surface area contributed by atoms with Gasteiger partial charge in [0.25, 0.3) is 0 Å². The Bertz CT molecular complexity index is 3550. The van der Waals surface area contributed by atoms with Gasteiger partial charge in [0, 0.05) is 66.6 Å². The summed E-state index contributed by atoms with van der Waals surface area (Å²) in [5.41, 5.74) is -3.30. The molecule has 1 aliphatic heterocycles. The lowest BCUT2D eigenvalue weighted by Crippen LogP contribution is -2.81. The first-order valence-corrected chi connectivity index (χ1v) is 32.3. The predicted octanol–water partition coefficient (Wildman–Crippen LogP) is 3.93. The summed E-state index contributed by atoms with van der Waals surface area (Å²) in [5, 5.41) is 61.3. The monoisotopic (exact) mass is 1370 g/mol. The minimum Gasteiger partial charge on any atom is -0.480 e. The second-order valence-corrected chi connectivity index (χ2v) is 27.2. The largest absolute Gasteiger partial charge is 0.480 e. The molecule has 14 atom stereocenters. The number of nitrogens with two attached hydrogens (primary N) is 1. The summed E-state index contributed by atoms with van der Waals surface area (Å²) >= 11 is 5.76. The van der Waals surface area contributed by atoms with E-state index >= 15 is 9.59 Å². The van der Waals surface area contributed by atoms with Gasteiger partial charge in [-0.2, -0.15) is 0 Å². The van der Waals surface area contributed by atoms with Crippen molar-refractivity contribution in [3.05, 3.63) is 124 Å². The summed E-state index contributed by atoms with van der Waals surface area (Å²) in [6, 6.07) is 14.4. The smallest absolute Gasteiger partial charge is 0.338 e. The van der Waals surface area contributed by atoms with Crippen molar-refractivity contribution in [1.82, 2.24) is 26.6 Å². The van der Waals surface area contributed by atoms with E-state index in [2.05, 4.69) is 26.6 Å². The fourth-order valence-corrected chi connectivity index (χ4v) is 13.4. The highest BCUT2D eigenvalue weighted by atomic mass is 35.5. The lowest BCUT2D eigenvalue weighted by Gasteiger charge is -2.67. The lowest BCUT2D eigenvalue weighted by molar-refractivity contribution is -0.346. The summed E-state index contributed by atoms with van der Waals surface area (Å²) in [6.07, 6.45) is -9.69. The Labute approximate surface area is 565 Å². The number of aliphatic carboxylic acids is 1. The molecule has 11 N–H and O–H groups in total. The quantitative estimate of drug-likeness (QED) is 0.0162. The minimum absolute atomic E-state index is 0.00839. The molecule has 7 rings (SSSR count). The first kappa shape index (κ1) is 75.9. The summed E-state index contributed by atoms with van der Waals surface area (Å²) in [4.78, 5) is 149. The maximum atomic E-state index is 15.4. The van der Waals surface area contributed by atoms with Crippen LogP contribution in [0.4, 0.5) is 4.39 Å². The van der Waals surface area contributed by atoms with E-state index in [1.54, 1.807) is 69.3 Å². The van der Waals surface area contributed by atoms with Gasteiger partial charge in [0.1, 0.15) is 54.0 Å². The Morgan fingerprint density at radius 3 is 2.11 bits per heavy atom. The number of ketones is 1. The van der Waals surface area contributed by atoms with Crippen LogP contribution in [-0.4, -0.2) is 171 Å². The number of ether oxygens (including phenoxy) is 5. The molecule has 26 nitrogen and oxygen atoms in total. The number of halogens is 2. The number of esters is 3. The number of amides is 6. The number of carbonyl (C=O) groups excluding carboxylic acids is 10. The number of carboxylic acids is 1. The van der Waals surface area contributed by atoms with Crippen molar-refractivity contribution in [2.75, 3.05) is 19.8 Å². The van der Waals surface area contributed by atoms with Gasteiger partial charge in [-0.3, -0.25) is 38.4 Å². The van der Waals surface area contributed by atoms with Gasteiger partial charge in [0.05, 0.1) is 42.3 Å². The number of carbonyl (C=O) groups is 11. The molecule has 0 aromatic heterocycles. The van der Waals surface area contributed by atoms with Crippen LogP contribution in [0, 0.1) is 28.0 Å². The third-order valence-corrected chi connectivity index (χ3v) is 19.0. The molecule has 6 amide bonds. The molecule has 0 unspecified atom stereocenters. The van der Waals surface area contributed by atoms with Gasteiger partial charge in [-0.05, 0) is 93.5 Å². The molecule has 3 aromatic carbocycles. The second-order valence-electron chi connectivity index (χ2n) is 26.8. The standard InChI is InChI=1S/C69H86ClFN6O20/c1-36-46(34-69(92)58(96-62(89)41-20-14-11-15-21-41)56-67(9,57(84)54(83)52(36)66(69,7)8)47(79)33-48-68(56,35-94-48)97-38(3)78)95-63(90)55(53(40-18-12-10-13-19-40)77-64(91)65(4,5)6)93-31-29-49(80)73-30-17-16-22-45(61(87)88)75-51(82)28-26-44(59(72)85)76-60(86)37(2)74-50(81)27-24-39-23-25-42(70)32-43(39)71/h10-15,18-21,23-25,27,32,37,44-48,53-56,58,79,83,92H,16-17,22,26,28-31,33-35H2,1-9H3,(H2,72,85)(H,73,80)(H,74,81)(H,75,82)(H,76,86)(H,77,91)(H,87,88)/b27-24+/t37-,44+,45-,46-,47-,48+,53-,54+,55+,56-,58-,67+,68-,69+/m0/s1. The highest BCUT2D eigenvalue weighted by Gasteiger charge is 2.78. The highest BCUT2D eigenvalue weighted by Crippen LogP contribution is 2.64. The Kier molecular flexibility index (Phi) is 24.6. The van der Waals surface area contributed by atoms with E-state index in [9.17, 15) is 68.0 Å². The van der Waals surface area contributed by atoms with E-state index in [0.717, 1.165) is 25.1 Å². The van der Waals surface area contributed by atoms with E-state index in [1.165, 1.54) is 58.9 Å². The lowest BCUT2D eigenvalue weighted by atomic mass is 9.44. The number of hydrogen-bond acceptors (Lipinski definition) is 19. The van der Waals surface area contributed by atoms with Gasteiger partial charge in [0.15, 0.2) is 17.5 Å². The van der Waals surface area contributed by atoms with Crippen LogP contribution in [0.5, 0.6) is 0 Å². The van der Waals surface area contributed by atoms with Crippen LogP contribution in [0.25, 0.3) is 6.08 Å². The number of nitrogens with one attached hydrogen (secondary N) is 5. The van der Waals surface area contributed by atoms with E-state index in [1.807, 2.05) is 0 Å². The molecule has 3 fully saturated rings. The number of fused-ring (bicyclic) bond motifs is 5. The molecule has 28 heteroatoms. The number of aliphatic hydroxyl groups is 3. The Morgan fingerprint density at radius 2 is 1.52 bits per heavy atom. The molecule has 0 radical (unpaired) electrons. The number of unbranched alkanes of at least 4 members (excludes halogenated alkanes) is 1. The van der Waals surface area contributed by atoms with Crippen LogP contribution in [0.15, 0.2) is 96.1 Å². The van der Waals surface area contributed by atoms with Crippen LogP contribution in [0.2, 0.25) is 5.02 Å². The van der Waals surface area contributed by atoms with Crippen molar-refractivity contribution >= 4 is 82.8 Å². The molecule has 1 saturated heterocycles. The first-order valence-electron chi connectivity index (χ1n) is 31.9. The number of Topliss-reactive ketones (excluding diaryl/α,β-unsaturated/α-hetero) is 1. The van der Waals surface area contributed by atoms with Gasteiger partial charge in [0.2, 0.25) is 35.4 Å². The third-order valence-electron chi connectivity index (χ3n) is 18.8. The van der Waals surface area contributed by atoms with Crippen LogP contribution in [-0.2, 0) is 71.6 Å². The molecule has 2 bridgehead atoms. The summed E-state index contributed by atoms with van der Waals surface area (Å²) in [5.74, 6) is -12.2. The molecule has 3 aliphatic carbocycles. The van der Waals surface area contributed by atoms with Crippen LogP contribution < -0.4 is 32.3 Å². The van der Waals surface area contributed by atoms with E-state index in [-0.39, 0.29) is 79.0 Å². The predicted molar refractivity (Wildman–Crippen MR) is 345 cm³/mol. The fraction of sp³-hybridized carbons (Fsp3) is 0.522. The maximum Gasteiger partial charge on any atom is 0.338 e. The summed E-state index contributed by atoms with van der Waals surface area (Å²) < 4.78 is 45.3. The molecule has 526 valence electrons. The van der Waals surface area contributed by atoms with Gasteiger partial charge in [-0.15, -0.1) is 0 Å². The molecule has 4 aliphatic rings. The number of rotatable bonds is 28. The third kappa shape index (κ3) is 17.1. The van der Waals surface area contributed by atoms with Gasteiger partial charge in [-0.25, -0.2) is 18.8 Å². The molecule has 97 heavy (non-hydrogen) atoms. The van der Waals surface area contributed by atoms with Crippen molar-refractivity contribution in [1.29, 1.82) is 0 Å². The summed E-state index contributed by atoms with van der Waals surface area (Å²) in [6.45, 7) is 12.4. The van der Waals surface area contributed by atoms with E-state index < -0.39 is 185 Å². The zero-order valence-electron chi connectivity index (χ0n) is 55.4. The Morgan fingerprint density at radius 1 is 0.856 bits per heavy atom. The van der Waals surface area contributed by atoms with Crippen molar-refractivity contribution in [2.45, 2.75) is 186 Å². The first-order chi connectivity index (χ1) is 45.5. The van der Waals surface area contributed by atoms with E-state index in [4.69, 9.17) is 41.0 Å². The van der Waals surface area contributed by atoms with Crippen molar-refractivity contribution in [2.24, 2.45) is 27.9 Å². The molecule has 1 heterocycles. The van der Waals surface area contributed by atoms with Crippen LogP contribution in [0.3, 0.4) is 0 Å². The molecular weight excluding hydrogens is 1290 g/mol. The molecule has 2 saturated carbocycles.